The maximum atomic E-state index is 10.8. The Kier molecular flexibility index (Phi) is 2.32. The summed E-state index contributed by atoms with van der Waals surface area (Å²) in [6.45, 7) is 8.53. The van der Waals surface area contributed by atoms with E-state index in [2.05, 4.69) is 18.7 Å². The maximum Gasteiger partial charge on any atom is 0.322 e. The lowest BCUT2D eigenvalue weighted by Gasteiger charge is -2.30. The van der Waals surface area contributed by atoms with Crippen LogP contribution in [0.15, 0.2) is 0 Å². The number of carbonyl (C=O) groups is 1. The normalized spacial score (nSPS) is 37.1. The molecular weight excluding hydrogens is 192 g/mol. The summed E-state index contributed by atoms with van der Waals surface area (Å²) in [6, 6.07) is -0.809. The van der Waals surface area contributed by atoms with Crippen molar-refractivity contribution < 1.29 is 9.90 Å². The molecule has 1 heterocycles. The molecule has 1 aliphatic carbocycles. The van der Waals surface area contributed by atoms with Crippen molar-refractivity contribution in [2.75, 3.05) is 13.1 Å². The van der Waals surface area contributed by atoms with E-state index in [1.54, 1.807) is 0 Å². The number of aliphatic carboxylic acids is 1. The van der Waals surface area contributed by atoms with Gasteiger partial charge in [-0.2, -0.15) is 0 Å². The maximum absolute atomic E-state index is 10.8. The Morgan fingerprint density at radius 2 is 1.93 bits per heavy atom. The Morgan fingerprint density at radius 1 is 1.47 bits per heavy atom. The summed E-state index contributed by atoms with van der Waals surface area (Å²) in [6.07, 6.45) is 0. The van der Waals surface area contributed by atoms with Gasteiger partial charge < -0.3 is 10.8 Å². The van der Waals surface area contributed by atoms with Crippen molar-refractivity contribution in [1.29, 1.82) is 0 Å². The molecule has 0 spiro atoms. The number of nitrogens with two attached hydrogens (primary N) is 1. The second-order valence-corrected chi connectivity index (χ2v) is 5.59. The molecule has 0 aromatic rings. The third-order valence-electron chi connectivity index (χ3n) is 4.53. The molecule has 2 fully saturated rings. The Balaban J connectivity index is 1.91. The number of hydrogen-bond donors (Lipinski definition) is 2. The number of carboxylic acid groups (broad SMARTS) is 1. The zero-order chi connectivity index (χ0) is 11.4. The van der Waals surface area contributed by atoms with Crippen molar-refractivity contribution in [2.45, 2.75) is 32.9 Å². The van der Waals surface area contributed by atoms with Crippen molar-refractivity contribution in [3.8, 4) is 0 Å². The first-order chi connectivity index (χ1) is 6.85. The van der Waals surface area contributed by atoms with E-state index in [1.165, 1.54) is 0 Å². The summed E-state index contributed by atoms with van der Waals surface area (Å²) in [4.78, 5) is 13.0. The van der Waals surface area contributed by atoms with Crippen LogP contribution < -0.4 is 5.73 Å². The highest BCUT2D eigenvalue weighted by molar-refractivity contribution is 5.74. The first-order valence-electron chi connectivity index (χ1n) is 5.58. The molecular formula is C11H20N2O2. The zero-order valence-corrected chi connectivity index (χ0v) is 9.60. The molecule has 0 aromatic heterocycles. The molecule has 0 aromatic carbocycles. The van der Waals surface area contributed by atoms with Crippen LogP contribution in [-0.2, 0) is 4.79 Å². The van der Waals surface area contributed by atoms with Gasteiger partial charge in [0.1, 0.15) is 6.04 Å². The van der Waals surface area contributed by atoms with Gasteiger partial charge in [-0.1, -0.05) is 13.8 Å². The van der Waals surface area contributed by atoms with Crippen LogP contribution in [0, 0.1) is 17.3 Å². The average Bonchev–Trinajstić information content (AvgIpc) is 2.55. The topological polar surface area (TPSA) is 66.6 Å². The lowest BCUT2D eigenvalue weighted by atomic mass is 10.0. The fourth-order valence-electron chi connectivity index (χ4n) is 2.93. The van der Waals surface area contributed by atoms with Crippen LogP contribution in [-0.4, -0.2) is 41.1 Å². The van der Waals surface area contributed by atoms with Gasteiger partial charge in [-0.15, -0.1) is 0 Å². The molecule has 0 radical (unpaired) electrons. The van der Waals surface area contributed by atoms with E-state index >= 15 is 0 Å². The van der Waals surface area contributed by atoms with E-state index < -0.39 is 12.0 Å². The third-order valence-corrected chi connectivity index (χ3v) is 4.53. The van der Waals surface area contributed by atoms with E-state index in [9.17, 15) is 4.79 Å². The minimum Gasteiger partial charge on any atom is -0.480 e. The largest absolute Gasteiger partial charge is 0.480 e. The number of piperidine rings is 1. The third kappa shape index (κ3) is 1.56. The van der Waals surface area contributed by atoms with Gasteiger partial charge in [-0.05, 0) is 24.2 Å². The highest BCUT2D eigenvalue weighted by atomic mass is 16.4. The number of rotatable bonds is 3. The van der Waals surface area contributed by atoms with Crippen LogP contribution in [0.2, 0.25) is 0 Å². The summed E-state index contributed by atoms with van der Waals surface area (Å²) in [5, 5.41) is 8.84. The summed E-state index contributed by atoms with van der Waals surface area (Å²) in [5.74, 6) is 0.601. The van der Waals surface area contributed by atoms with Gasteiger partial charge in [-0.3, -0.25) is 9.69 Å². The molecule has 2 aliphatic rings. The van der Waals surface area contributed by atoms with Gasteiger partial charge in [0.15, 0.2) is 0 Å². The van der Waals surface area contributed by atoms with Crippen LogP contribution in [0.5, 0.6) is 0 Å². The molecule has 4 atom stereocenters. The predicted octanol–water partition coefficient (Wildman–Crippen LogP) is 0.375. The van der Waals surface area contributed by atoms with Crippen molar-refractivity contribution in [2.24, 2.45) is 23.0 Å². The number of hydrogen-bond acceptors (Lipinski definition) is 3. The van der Waals surface area contributed by atoms with Crippen LogP contribution in [0.4, 0.5) is 0 Å². The standard InChI is InChI=1S/C11H20N2O2/c1-6(9(12)10(14)15)13-4-7-8(5-13)11(7,2)3/h6-9H,4-5,12H2,1-3H3,(H,14,15). The van der Waals surface area contributed by atoms with E-state index in [0.717, 1.165) is 24.9 Å². The Morgan fingerprint density at radius 3 is 2.33 bits per heavy atom. The molecule has 1 saturated heterocycles. The minimum atomic E-state index is -0.901. The first-order valence-corrected chi connectivity index (χ1v) is 5.58. The molecule has 4 unspecified atom stereocenters. The molecule has 0 amide bonds. The molecule has 86 valence electrons. The zero-order valence-electron chi connectivity index (χ0n) is 9.60. The quantitative estimate of drug-likeness (QED) is 0.709. The fourth-order valence-corrected chi connectivity index (χ4v) is 2.93. The van der Waals surface area contributed by atoms with Gasteiger partial charge in [0.25, 0.3) is 0 Å². The molecule has 1 aliphatic heterocycles. The first kappa shape index (κ1) is 10.9. The minimum absolute atomic E-state index is 0.0499. The SMILES string of the molecule is CC(C(N)C(=O)O)N1CC2C(C1)C2(C)C. The second kappa shape index (κ2) is 3.19. The summed E-state index contributed by atoms with van der Waals surface area (Å²) in [5.41, 5.74) is 6.10. The predicted molar refractivity (Wildman–Crippen MR) is 57.4 cm³/mol. The Labute approximate surface area is 90.4 Å². The Hall–Kier alpha value is -0.610. The smallest absolute Gasteiger partial charge is 0.322 e. The number of fused-ring (bicyclic) bond motifs is 1. The van der Waals surface area contributed by atoms with Crippen LogP contribution in [0.25, 0.3) is 0 Å². The van der Waals surface area contributed by atoms with Crippen LogP contribution in [0.3, 0.4) is 0 Å². The highest BCUT2D eigenvalue weighted by Crippen LogP contribution is 2.62. The summed E-state index contributed by atoms with van der Waals surface area (Å²) < 4.78 is 0. The van der Waals surface area contributed by atoms with Crippen LogP contribution >= 0.6 is 0 Å². The molecule has 3 N–H and O–H groups in total. The second-order valence-electron chi connectivity index (χ2n) is 5.59. The lowest BCUT2D eigenvalue weighted by molar-refractivity contribution is -0.140. The summed E-state index contributed by atoms with van der Waals surface area (Å²) >= 11 is 0. The van der Waals surface area contributed by atoms with Gasteiger partial charge >= 0.3 is 5.97 Å². The molecule has 0 bridgehead atoms. The van der Waals surface area contributed by atoms with Crippen molar-refractivity contribution in [3.05, 3.63) is 0 Å². The van der Waals surface area contributed by atoms with Crippen molar-refractivity contribution >= 4 is 5.97 Å². The number of carboxylic acids is 1. The van der Waals surface area contributed by atoms with Gasteiger partial charge in [0, 0.05) is 19.1 Å². The number of likely N-dealkylation sites (tertiary alicyclic amines) is 1. The van der Waals surface area contributed by atoms with Gasteiger partial charge in [-0.25, -0.2) is 0 Å². The average molecular weight is 212 g/mol. The summed E-state index contributed by atoms with van der Waals surface area (Å²) in [7, 11) is 0. The molecule has 15 heavy (non-hydrogen) atoms. The molecule has 4 heteroatoms. The van der Waals surface area contributed by atoms with Gasteiger partial charge in [0.05, 0.1) is 0 Å². The van der Waals surface area contributed by atoms with Crippen LogP contribution in [0.1, 0.15) is 20.8 Å². The highest BCUT2D eigenvalue weighted by Gasteiger charge is 2.62. The fraction of sp³-hybridized carbons (Fsp3) is 0.909. The van der Waals surface area contributed by atoms with Gasteiger partial charge in [0.2, 0.25) is 0 Å². The van der Waals surface area contributed by atoms with E-state index in [1.807, 2.05) is 6.92 Å². The van der Waals surface area contributed by atoms with E-state index in [0.29, 0.717) is 5.41 Å². The number of nitrogens with zero attached hydrogens (tertiary/aromatic N) is 1. The lowest BCUT2D eigenvalue weighted by Crippen LogP contribution is -2.50. The molecule has 2 rings (SSSR count). The molecule has 1 saturated carbocycles. The van der Waals surface area contributed by atoms with Crippen molar-refractivity contribution in [1.82, 2.24) is 4.90 Å². The van der Waals surface area contributed by atoms with E-state index in [4.69, 9.17) is 10.8 Å². The van der Waals surface area contributed by atoms with Crippen molar-refractivity contribution in [3.63, 3.8) is 0 Å². The monoisotopic (exact) mass is 212 g/mol. The Bertz CT molecular complexity index is 276. The van der Waals surface area contributed by atoms with E-state index in [-0.39, 0.29) is 6.04 Å². The molecule has 4 nitrogen and oxygen atoms in total.